The van der Waals surface area contributed by atoms with Crippen LogP contribution in [0.15, 0.2) is 0 Å². The van der Waals surface area contributed by atoms with Crippen LogP contribution in [0.3, 0.4) is 0 Å². The standard InChI is InChI=1S/2C10H16.2C4H8O2.2C2H4O2.C2H6O/c2*1-2-9-7-4-5-8(6-7)10(9)3-1;2*1-3-6-4(2)5;2*1-2(3)4;1-2-3/h2*7-10H,1-6H2;2*3H2,1-2H3;2*1H3,(H,3,4);3H,2H2,1H3. The molecule has 3 N–H and O–H groups in total. The van der Waals surface area contributed by atoms with Crippen molar-refractivity contribution in [2.75, 3.05) is 19.8 Å². The van der Waals surface area contributed by atoms with Gasteiger partial charge < -0.3 is 24.8 Å². The van der Waals surface area contributed by atoms with Crippen molar-refractivity contribution in [3.05, 3.63) is 0 Å². The SMILES string of the molecule is C1CC2C3CCC(C3)C2C1.C1CC2C3CCC(C3)C2C1.CC(=O)O.CC(=O)O.CCO.CCOC(C)=O.CCOC(C)=O. The second-order valence-corrected chi connectivity index (χ2v) is 12.4. The van der Waals surface area contributed by atoms with Gasteiger partial charge in [0.2, 0.25) is 0 Å². The number of aliphatic carboxylic acids is 2. The highest BCUT2D eigenvalue weighted by atomic mass is 16.5. The lowest BCUT2D eigenvalue weighted by atomic mass is 9.82. The van der Waals surface area contributed by atoms with E-state index in [9.17, 15) is 9.59 Å². The van der Waals surface area contributed by atoms with Gasteiger partial charge in [0.1, 0.15) is 0 Å². The summed E-state index contributed by atoms with van der Waals surface area (Å²) in [5.74, 6) is 7.51. The third kappa shape index (κ3) is 17.1. The number of carboxylic acid groups (broad SMARTS) is 2. The van der Waals surface area contributed by atoms with Crippen LogP contribution in [0.1, 0.15) is 126 Å². The van der Waals surface area contributed by atoms with Crippen molar-refractivity contribution in [3.63, 3.8) is 0 Å². The zero-order valence-electron chi connectivity index (χ0n) is 28.0. The molecular formula is C34H62O9. The third-order valence-electron chi connectivity index (χ3n) is 9.39. The first-order chi connectivity index (χ1) is 20.3. The highest BCUT2D eigenvalue weighted by Gasteiger charge is 2.49. The molecule has 8 unspecified atom stereocenters. The molecule has 6 saturated carbocycles. The van der Waals surface area contributed by atoms with E-state index in [1.54, 1.807) is 97.8 Å². The van der Waals surface area contributed by atoms with Crippen molar-refractivity contribution in [2.24, 2.45) is 47.3 Å². The number of carbonyl (C=O) groups is 4. The van der Waals surface area contributed by atoms with E-state index in [1.807, 2.05) is 0 Å². The highest BCUT2D eigenvalue weighted by Crippen LogP contribution is 2.59. The molecule has 0 radical (unpaired) electrons. The van der Waals surface area contributed by atoms with E-state index >= 15 is 0 Å². The molecule has 0 aromatic carbocycles. The normalized spacial score (nSPS) is 30.5. The maximum Gasteiger partial charge on any atom is 0.302 e. The monoisotopic (exact) mass is 614 g/mol. The van der Waals surface area contributed by atoms with E-state index < -0.39 is 11.9 Å². The third-order valence-corrected chi connectivity index (χ3v) is 9.39. The highest BCUT2D eigenvalue weighted by molar-refractivity contribution is 5.66. The summed E-state index contributed by atoms with van der Waals surface area (Å²) in [5, 5.41) is 22.4. The second-order valence-electron chi connectivity index (χ2n) is 12.4. The van der Waals surface area contributed by atoms with Gasteiger partial charge in [-0.1, -0.05) is 12.8 Å². The predicted octanol–water partition coefficient (Wildman–Crippen LogP) is 6.98. The fraction of sp³-hybridized carbons (Fsp3) is 0.882. The van der Waals surface area contributed by atoms with Crippen LogP contribution in [-0.4, -0.2) is 59.0 Å². The number of hydrogen-bond acceptors (Lipinski definition) is 7. The molecule has 252 valence electrons. The molecule has 9 nitrogen and oxygen atoms in total. The Balaban J connectivity index is 0.000000505. The minimum absolute atomic E-state index is 0.211. The average Bonchev–Trinajstić information content (AvgIpc) is 3.72. The Morgan fingerprint density at radius 3 is 0.884 bits per heavy atom. The molecule has 4 bridgehead atoms. The largest absolute Gasteiger partial charge is 0.481 e. The van der Waals surface area contributed by atoms with Crippen LogP contribution in [0, 0.1) is 47.3 Å². The molecule has 0 aliphatic heterocycles. The number of aliphatic hydroxyl groups excluding tert-OH is 1. The summed E-state index contributed by atoms with van der Waals surface area (Å²) in [6, 6.07) is 0. The van der Waals surface area contributed by atoms with E-state index in [2.05, 4.69) is 9.47 Å². The Bertz CT molecular complexity index is 695. The number of rotatable bonds is 2. The molecule has 43 heavy (non-hydrogen) atoms. The smallest absolute Gasteiger partial charge is 0.302 e. The van der Waals surface area contributed by atoms with Gasteiger partial charge >= 0.3 is 11.9 Å². The van der Waals surface area contributed by atoms with Gasteiger partial charge in [0.05, 0.1) is 13.2 Å². The molecule has 0 amide bonds. The molecule has 8 atom stereocenters. The van der Waals surface area contributed by atoms with Crippen molar-refractivity contribution in [1.82, 2.24) is 0 Å². The van der Waals surface area contributed by atoms with Gasteiger partial charge in [-0.15, -0.1) is 0 Å². The number of aliphatic hydroxyl groups is 1. The minimum atomic E-state index is -0.833. The fourth-order valence-electron chi connectivity index (χ4n) is 8.44. The lowest BCUT2D eigenvalue weighted by Gasteiger charge is -2.23. The van der Waals surface area contributed by atoms with Crippen LogP contribution < -0.4 is 0 Å². The Morgan fingerprint density at radius 2 is 0.744 bits per heavy atom. The van der Waals surface area contributed by atoms with E-state index in [4.69, 9.17) is 24.9 Å². The summed E-state index contributed by atoms with van der Waals surface area (Å²) in [6.45, 7) is 11.4. The van der Waals surface area contributed by atoms with Crippen LogP contribution in [0.2, 0.25) is 0 Å². The number of fused-ring (bicyclic) bond motifs is 10. The van der Waals surface area contributed by atoms with Crippen molar-refractivity contribution in [2.45, 2.75) is 126 Å². The van der Waals surface area contributed by atoms with Gasteiger partial charge in [-0.05, 0) is 132 Å². The number of esters is 2. The van der Waals surface area contributed by atoms with Crippen LogP contribution >= 0.6 is 0 Å². The lowest BCUT2D eigenvalue weighted by Crippen LogP contribution is -2.15. The van der Waals surface area contributed by atoms with Crippen molar-refractivity contribution < 1.29 is 44.0 Å². The topological polar surface area (TPSA) is 147 Å². The predicted molar refractivity (Wildman–Crippen MR) is 167 cm³/mol. The quantitative estimate of drug-likeness (QED) is 0.280. The van der Waals surface area contributed by atoms with Crippen LogP contribution in [0.4, 0.5) is 0 Å². The van der Waals surface area contributed by atoms with Gasteiger partial charge in [-0.2, -0.15) is 0 Å². The second kappa shape index (κ2) is 23.3. The van der Waals surface area contributed by atoms with E-state index in [0.29, 0.717) is 13.2 Å². The summed E-state index contributed by atoms with van der Waals surface area (Å²) < 4.78 is 8.81. The Morgan fingerprint density at radius 1 is 0.535 bits per heavy atom. The summed E-state index contributed by atoms with van der Waals surface area (Å²) >= 11 is 0. The van der Waals surface area contributed by atoms with Gasteiger partial charge in [0, 0.05) is 34.3 Å². The molecule has 6 aliphatic rings. The molecular weight excluding hydrogens is 552 g/mol. The van der Waals surface area contributed by atoms with Gasteiger partial charge in [-0.25, -0.2) is 0 Å². The lowest BCUT2D eigenvalue weighted by molar-refractivity contribution is -0.141. The molecule has 0 spiro atoms. The number of ether oxygens (including phenoxy) is 2. The Labute approximate surface area is 260 Å². The fourth-order valence-corrected chi connectivity index (χ4v) is 8.44. The van der Waals surface area contributed by atoms with E-state index in [1.165, 1.54) is 61.2 Å². The van der Waals surface area contributed by atoms with E-state index in [-0.39, 0.29) is 18.5 Å². The first-order valence-corrected chi connectivity index (χ1v) is 16.6. The maximum atomic E-state index is 9.82. The summed E-state index contributed by atoms with van der Waals surface area (Å²) in [4.78, 5) is 37.6. The molecule has 9 heteroatoms. The van der Waals surface area contributed by atoms with Gasteiger partial charge in [0.15, 0.2) is 0 Å². The molecule has 0 aromatic heterocycles. The van der Waals surface area contributed by atoms with Crippen LogP contribution in [-0.2, 0) is 28.7 Å². The summed E-state index contributed by atoms with van der Waals surface area (Å²) in [5.41, 5.74) is 0. The molecule has 0 aromatic rings. The first kappa shape index (κ1) is 40.8. The molecule has 6 fully saturated rings. The summed E-state index contributed by atoms with van der Waals surface area (Å²) in [7, 11) is 0. The van der Waals surface area contributed by atoms with Crippen molar-refractivity contribution >= 4 is 23.9 Å². The molecule has 0 heterocycles. The molecule has 6 aliphatic carbocycles. The zero-order valence-corrected chi connectivity index (χ0v) is 28.0. The Hall–Kier alpha value is -2.16. The van der Waals surface area contributed by atoms with Crippen molar-refractivity contribution in [3.8, 4) is 0 Å². The van der Waals surface area contributed by atoms with Crippen LogP contribution in [0.5, 0.6) is 0 Å². The number of carboxylic acids is 2. The first-order valence-electron chi connectivity index (χ1n) is 16.6. The van der Waals surface area contributed by atoms with Crippen LogP contribution in [0.25, 0.3) is 0 Å². The number of carbonyl (C=O) groups excluding carboxylic acids is 2. The maximum absolute atomic E-state index is 9.82. The van der Waals surface area contributed by atoms with Gasteiger partial charge in [-0.3, -0.25) is 19.2 Å². The molecule has 0 saturated heterocycles. The molecule has 6 rings (SSSR count). The van der Waals surface area contributed by atoms with Crippen molar-refractivity contribution in [1.29, 1.82) is 0 Å². The Kier molecular flexibility index (Phi) is 22.1. The number of hydrogen-bond donors (Lipinski definition) is 3. The summed E-state index contributed by atoms with van der Waals surface area (Å²) in [6.07, 6.45) is 19.1. The zero-order chi connectivity index (χ0) is 32.9. The minimum Gasteiger partial charge on any atom is -0.481 e. The average molecular weight is 615 g/mol. The van der Waals surface area contributed by atoms with E-state index in [0.717, 1.165) is 13.8 Å². The van der Waals surface area contributed by atoms with Gasteiger partial charge in [0.25, 0.3) is 11.9 Å².